The summed E-state index contributed by atoms with van der Waals surface area (Å²) in [6.07, 6.45) is 0.168. The molecule has 1 unspecified atom stereocenters. The number of hydrogen-bond acceptors (Lipinski definition) is 4. The van der Waals surface area contributed by atoms with Gasteiger partial charge in [-0.15, -0.1) is 0 Å². The molecule has 1 saturated heterocycles. The van der Waals surface area contributed by atoms with Gasteiger partial charge in [-0.25, -0.2) is 0 Å². The second-order valence-electron chi connectivity index (χ2n) is 6.27. The number of rotatable bonds is 7. The fourth-order valence-corrected chi connectivity index (χ4v) is 3.00. The fourth-order valence-electron chi connectivity index (χ4n) is 3.00. The molecule has 1 fully saturated rings. The second kappa shape index (κ2) is 8.83. The Morgan fingerprint density at radius 3 is 2.72 bits per heavy atom. The maximum Gasteiger partial charge on any atom is 0.261 e. The lowest BCUT2D eigenvalue weighted by molar-refractivity contribution is -0.128. The molecule has 2 aromatic rings. The Kier molecular flexibility index (Phi) is 6.25. The first-order valence-corrected chi connectivity index (χ1v) is 8.99. The van der Waals surface area contributed by atoms with Gasteiger partial charge in [-0.3, -0.25) is 9.69 Å². The minimum absolute atomic E-state index is 0.0519. The molecule has 0 aliphatic carbocycles. The van der Waals surface area contributed by atoms with Gasteiger partial charge in [0.15, 0.2) is 6.10 Å². The van der Waals surface area contributed by atoms with Crippen molar-refractivity contribution in [2.75, 3.05) is 39.4 Å². The van der Waals surface area contributed by atoms with Crippen LogP contribution in [0.3, 0.4) is 0 Å². The summed E-state index contributed by atoms with van der Waals surface area (Å²) in [5, 5.41) is 5.27. The van der Waals surface area contributed by atoms with Crippen molar-refractivity contribution in [3.63, 3.8) is 0 Å². The number of morpholine rings is 1. The minimum Gasteiger partial charge on any atom is -0.481 e. The highest BCUT2D eigenvalue weighted by Crippen LogP contribution is 2.22. The van der Waals surface area contributed by atoms with E-state index in [4.69, 9.17) is 9.47 Å². The number of nitrogens with zero attached hydrogens (tertiary/aromatic N) is 1. The van der Waals surface area contributed by atoms with Crippen LogP contribution in [0.4, 0.5) is 0 Å². The summed E-state index contributed by atoms with van der Waals surface area (Å²) in [7, 11) is 0. The van der Waals surface area contributed by atoms with E-state index in [1.807, 2.05) is 43.3 Å². The van der Waals surface area contributed by atoms with Crippen LogP contribution in [-0.4, -0.2) is 56.3 Å². The van der Waals surface area contributed by atoms with Gasteiger partial charge in [0, 0.05) is 26.2 Å². The topological polar surface area (TPSA) is 50.8 Å². The molecular formula is C20H26N2O3. The fraction of sp³-hybridized carbons (Fsp3) is 0.450. The van der Waals surface area contributed by atoms with E-state index in [-0.39, 0.29) is 5.91 Å². The lowest BCUT2D eigenvalue weighted by Crippen LogP contribution is -2.44. The molecule has 134 valence electrons. The Bertz CT molecular complexity index is 698. The number of carbonyl (C=O) groups is 1. The van der Waals surface area contributed by atoms with Crippen molar-refractivity contribution in [1.82, 2.24) is 10.2 Å². The molecule has 0 spiro atoms. The first-order chi connectivity index (χ1) is 12.3. The third-order valence-corrected chi connectivity index (χ3v) is 4.49. The smallest absolute Gasteiger partial charge is 0.261 e. The monoisotopic (exact) mass is 342 g/mol. The van der Waals surface area contributed by atoms with E-state index >= 15 is 0 Å². The lowest BCUT2D eigenvalue weighted by atomic mass is 10.1. The highest BCUT2D eigenvalue weighted by Gasteiger charge is 2.18. The number of fused-ring (bicyclic) bond motifs is 1. The molecule has 0 saturated carbocycles. The van der Waals surface area contributed by atoms with Crippen molar-refractivity contribution in [2.24, 2.45) is 0 Å². The zero-order valence-corrected chi connectivity index (χ0v) is 14.7. The van der Waals surface area contributed by atoms with Crippen molar-refractivity contribution in [3.8, 4) is 5.75 Å². The molecule has 0 aromatic heterocycles. The first kappa shape index (κ1) is 17.7. The molecule has 25 heavy (non-hydrogen) atoms. The maximum absolute atomic E-state index is 12.4. The van der Waals surface area contributed by atoms with E-state index < -0.39 is 6.10 Å². The number of nitrogens with one attached hydrogen (secondary N) is 1. The zero-order valence-electron chi connectivity index (χ0n) is 14.7. The highest BCUT2D eigenvalue weighted by atomic mass is 16.5. The molecule has 0 radical (unpaired) electrons. The van der Waals surface area contributed by atoms with Crippen LogP contribution in [0.25, 0.3) is 10.8 Å². The third-order valence-electron chi connectivity index (χ3n) is 4.49. The first-order valence-electron chi connectivity index (χ1n) is 8.99. The largest absolute Gasteiger partial charge is 0.481 e. The summed E-state index contributed by atoms with van der Waals surface area (Å²) in [5.74, 6) is 0.679. The minimum atomic E-state index is -0.467. The van der Waals surface area contributed by atoms with Crippen LogP contribution in [0.2, 0.25) is 0 Å². The van der Waals surface area contributed by atoms with Crippen LogP contribution in [0, 0.1) is 0 Å². The number of hydrogen-bond donors (Lipinski definition) is 1. The Labute approximate surface area is 148 Å². The van der Waals surface area contributed by atoms with Crippen LogP contribution in [0.5, 0.6) is 5.75 Å². The molecule has 5 heteroatoms. The van der Waals surface area contributed by atoms with Gasteiger partial charge in [0.25, 0.3) is 5.91 Å². The Morgan fingerprint density at radius 1 is 1.20 bits per heavy atom. The second-order valence-corrected chi connectivity index (χ2v) is 6.27. The Hall–Kier alpha value is -2.11. The normalized spacial score (nSPS) is 16.5. The third kappa shape index (κ3) is 4.94. The standard InChI is InChI=1S/C20H26N2O3/c1-2-19(20(23)21-9-10-22-11-13-24-14-12-22)25-18-8-7-16-5-3-4-6-17(16)15-18/h3-8,15,19H,2,9-14H2,1H3,(H,21,23). The quantitative estimate of drug-likeness (QED) is 0.840. The van der Waals surface area contributed by atoms with Gasteiger partial charge in [-0.1, -0.05) is 37.3 Å². The van der Waals surface area contributed by atoms with Crippen LogP contribution in [0.15, 0.2) is 42.5 Å². The lowest BCUT2D eigenvalue weighted by Gasteiger charge is -2.26. The van der Waals surface area contributed by atoms with Gasteiger partial charge in [0.05, 0.1) is 13.2 Å². The molecule has 1 atom stereocenters. The van der Waals surface area contributed by atoms with Gasteiger partial charge < -0.3 is 14.8 Å². The Balaban J connectivity index is 1.52. The van der Waals surface area contributed by atoms with Crippen molar-refractivity contribution in [2.45, 2.75) is 19.4 Å². The van der Waals surface area contributed by atoms with E-state index in [1.54, 1.807) is 0 Å². The number of amides is 1. The van der Waals surface area contributed by atoms with Gasteiger partial charge in [-0.05, 0) is 29.3 Å². The molecule has 0 bridgehead atoms. The summed E-state index contributed by atoms with van der Waals surface area (Å²) in [6.45, 7) is 6.86. The van der Waals surface area contributed by atoms with Crippen molar-refractivity contribution in [1.29, 1.82) is 0 Å². The summed E-state index contributed by atoms with van der Waals surface area (Å²) < 4.78 is 11.3. The molecule has 1 aliphatic rings. The predicted octanol–water partition coefficient (Wildman–Crippen LogP) is 2.45. The van der Waals surface area contributed by atoms with Crippen molar-refractivity contribution >= 4 is 16.7 Å². The molecule has 1 amide bonds. The highest BCUT2D eigenvalue weighted by molar-refractivity contribution is 5.84. The average Bonchev–Trinajstić information content (AvgIpc) is 2.66. The van der Waals surface area contributed by atoms with Gasteiger partial charge in [0.1, 0.15) is 5.75 Å². The van der Waals surface area contributed by atoms with Gasteiger partial charge in [0.2, 0.25) is 0 Å². The Morgan fingerprint density at radius 2 is 1.96 bits per heavy atom. The molecule has 1 heterocycles. The summed E-state index contributed by atoms with van der Waals surface area (Å²) in [5.41, 5.74) is 0. The SMILES string of the molecule is CCC(Oc1ccc2ccccc2c1)C(=O)NCCN1CCOCC1. The zero-order chi connectivity index (χ0) is 17.5. The van der Waals surface area contributed by atoms with E-state index in [9.17, 15) is 4.79 Å². The molecule has 5 nitrogen and oxygen atoms in total. The summed E-state index contributed by atoms with van der Waals surface area (Å²) in [4.78, 5) is 14.7. The maximum atomic E-state index is 12.4. The van der Waals surface area contributed by atoms with E-state index in [1.165, 1.54) is 0 Å². The van der Waals surface area contributed by atoms with Crippen LogP contribution in [0.1, 0.15) is 13.3 Å². The van der Waals surface area contributed by atoms with Crippen LogP contribution >= 0.6 is 0 Å². The molecule has 1 N–H and O–H groups in total. The average molecular weight is 342 g/mol. The molecule has 3 rings (SSSR count). The van der Waals surface area contributed by atoms with Gasteiger partial charge >= 0.3 is 0 Å². The number of benzene rings is 2. The van der Waals surface area contributed by atoms with E-state index in [2.05, 4.69) is 16.3 Å². The van der Waals surface area contributed by atoms with Gasteiger partial charge in [-0.2, -0.15) is 0 Å². The van der Waals surface area contributed by atoms with E-state index in [0.717, 1.165) is 49.4 Å². The molecular weight excluding hydrogens is 316 g/mol. The number of carbonyl (C=O) groups excluding carboxylic acids is 1. The molecule has 1 aliphatic heterocycles. The van der Waals surface area contributed by atoms with Crippen molar-refractivity contribution in [3.05, 3.63) is 42.5 Å². The van der Waals surface area contributed by atoms with Crippen molar-refractivity contribution < 1.29 is 14.3 Å². The predicted molar refractivity (Wildman–Crippen MR) is 98.9 cm³/mol. The summed E-state index contributed by atoms with van der Waals surface area (Å²) >= 11 is 0. The number of ether oxygens (including phenoxy) is 2. The van der Waals surface area contributed by atoms with Crippen LogP contribution in [-0.2, 0) is 9.53 Å². The van der Waals surface area contributed by atoms with E-state index in [0.29, 0.717) is 13.0 Å². The van der Waals surface area contributed by atoms with Crippen LogP contribution < -0.4 is 10.1 Å². The summed E-state index contributed by atoms with van der Waals surface area (Å²) in [6, 6.07) is 14.1. The molecule has 2 aromatic carbocycles.